The van der Waals surface area contributed by atoms with Gasteiger partial charge in [-0.25, -0.2) is 4.98 Å². The number of piperazine rings is 1. The van der Waals surface area contributed by atoms with Crippen molar-refractivity contribution in [1.82, 2.24) is 19.5 Å². The molecule has 0 amide bonds. The standard InChI is InChI=1S/C25H26ClN5O/c1-18-24(20-7-9-21(26)10-8-20)25-27-22(19-5-3-2-4-6-19)17-23(31(25)28-18)30-13-11-29(12-14-30)15-16-32/h2-10,17,32H,11-16H2,1H3. The number of aromatic nitrogens is 3. The highest BCUT2D eigenvalue weighted by Gasteiger charge is 2.23. The van der Waals surface area contributed by atoms with Gasteiger partial charge in [0.2, 0.25) is 0 Å². The number of β-amino-alcohol motifs (C(OH)–C–C–N with tert-alkyl or cyclic N) is 1. The van der Waals surface area contributed by atoms with E-state index in [0.717, 1.165) is 72.3 Å². The highest BCUT2D eigenvalue weighted by Crippen LogP contribution is 2.33. The number of nitrogens with zero attached hydrogens (tertiary/aromatic N) is 5. The van der Waals surface area contributed by atoms with Gasteiger partial charge in [-0.2, -0.15) is 9.61 Å². The summed E-state index contributed by atoms with van der Waals surface area (Å²) in [6, 6.07) is 20.3. The Balaban J connectivity index is 1.66. The molecule has 5 rings (SSSR count). The van der Waals surface area contributed by atoms with Crippen LogP contribution in [0.3, 0.4) is 0 Å². The van der Waals surface area contributed by atoms with Crippen molar-refractivity contribution >= 4 is 23.1 Å². The minimum absolute atomic E-state index is 0.195. The van der Waals surface area contributed by atoms with Crippen molar-refractivity contribution in [3.63, 3.8) is 0 Å². The Hall–Kier alpha value is -2.93. The number of fused-ring (bicyclic) bond motifs is 1. The largest absolute Gasteiger partial charge is 0.395 e. The van der Waals surface area contributed by atoms with Crippen molar-refractivity contribution in [3.8, 4) is 22.4 Å². The average Bonchev–Trinajstić information content (AvgIpc) is 3.16. The van der Waals surface area contributed by atoms with Crippen molar-refractivity contribution in [2.24, 2.45) is 0 Å². The molecule has 1 saturated heterocycles. The van der Waals surface area contributed by atoms with Crippen LogP contribution in [-0.2, 0) is 0 Å². The molecule has 6 nitrogen and oxygen atoms in total. The average molecular weight is 448 g/mol. The van der Waals surface area contributed by atoms with E-state index in [4.69, 9.17) is 21.7 Å². The molecule has 3 heterocycles. The maximum absolute atomic E-state index is 9.28. The molecule has 2 aromatic heterocycles. The van der Waals surface area contributed by atoms with E-state index in [1.165, 1.54) is 0 Å². The SMILES string of the molecule is Cc1nn2c(N3CCN(CCO)CC3)cc(-c3ccccc3)nc2c1-c1ccc(Cl)cc1. The fourth-order valence-electron chi connectivity index (χ4n) is 4.39. The Morgan fingerprint density at radius 1 is 0.938 bits per heavy atom. The van der Waals surface area contributed by atoms with Crippen molar-refractivity contribution < 1.29 is 5.11 Å². The van der Waals surface area contributed by atoms with Crippen LogP contribution in [0.25, 0.3) is 28.0 Å². The van der Waals surface area contributed by atoms with Crippen LogP contribution in [0, 0.1) is 6.92 Å². The third kappa shape index (κ3) is 3.97. The third-order valence-corrected chi connectivity index (χ3v) is 6.31. The van der Waals surface area contributed by atoms with Gasteiger partial charge >= 0.3 is 0 Å². The third-order valence-electron chi connectivity index (χ3n) is 6.06. The molecular weight excluding hydrogens is 422 g/mol. The molecule has 1 N–H and O–H groups in total. The zero-order valence-electron chi connectivity index (χ0n) is 18.1. The number of rotatable bonds is 5. The lowest BCUT2D eigenvalue weighted by Gasteiger charge is -2.35. The molecule has 32 heavy (non-hydrogen) atoms. The van der Waals surface area contributed by atoms with E-state index in [0.29, 0.717) is 5.02 Å². The smallest absolute Gasteiger partial charge is 0.166 e. The van der Waals surface area contributed by atoms with Crippen molar-refractivity contribution in [1.29, 1.82) is 0 Å². The van der Waals surface area contributed by atoms with Gasteiger partial charge in [0, 0.05) is 54.9 Å². The number of aliphatic hydroxyl groups excluding tert-OH is 1. The highest BCUT2D eigenvalue weighted by molar-refractivity contribution is 6.30. The number of aryl methyl sites for hydroxylation is 1. The van der Waals surface area contributed by atoms with E-state index >= 15 is 0 Å². The van der Waals surface area contributed by atoms with Gasteiger partial charge in [0.05, 0.1) is 18.0 Å². The Morgan fingerprint density at radius 3 is 2.34 bits per heavy atom. The predicted molar refractivity (Wildman–Crippen MR) is 129 cm³/mol. The Bertz CT molecular complexity index is 1210. The van der Waals surface area contributed by atoms with Gasteiger partial charge in [-0.3, -0.25) is 4.90 Å². The molecule has 4 aromatic rings. The summed E-state index contributed by atoms with van der Waals surface area (Å²) in [7, 11) is 0. The van der Waals surface area contributed by atoms with E-state index < -0.39 is 0 Å². The van der Waals surface area contributed by atoms with E-state index in [9.17, 15) is 5.11 Å². The summed E-state index contributed by atoms with van der Waals surface area (Å²) >= 11 is 6.13. The lowest BCUT2D eigenvalue weighted by atomic mass is 10.1. The zero-order valence-corrected chi connectivity index (χ0v) is 18.8. The number of benzene rings is 2. The molecule has 0 unspecified atom stereocenters. The van der Waals surface area contributed by atoms with E-state index in [-0.39, 0.29) is 6.61 Å². The number of anilines is 1. The molecule has 0 atom stereocenters. The molecule has 164 valence electrons. The van der Waals surface area contributed by atoms with Crippen LogP contribution in [0.4, 0.5) is 5.82 Å². The monoisotopic (exact) mass is 447 g/mol. The normalized spacial score (nSPS) is 14.9. The van der Waals surface area contributed by atoms with E-state index in [2.05, 4.69) is 28.0 Å². The summed E-state index contributed by atoms with van der Waals surface area (Å²) in [5, 5.41) is 14.9. The van der Waals surface area contributed by atoms with Crippen LogP contribution in [-0.4, -0.2) is 63.9 Å². The number of halogens is 1. The molecule has 0 radical (unpaired) electrons. The second kappa shape index (κ2) is 8.90. The Kier molecular flexibility index (Phi) is 5.83. The summed E-state index contributed by atoms with van der Waals surface area (Å²) in [5.41, 5.74) is 5.87. The molecule has 0 aliphatic carbocycles. The Morgan fingerprint density at radius 2 is 1.66 bits per heavy atom. The lowest BCUT2D eigenvalue weighted by molar-refractivity contribution is 0.188. The summed E-state index contributed by atoms with van der Waals surface area (Å²) in [5.74, 6) is 1.04. The maximum Gasteiger partial charge on any atom is 0.166 e. The number of hydrogen-bond acceptors (Lipinski definition) is 5. The summed E-state index contributed by atoms with van der Waals surface area (Å²) < 4.78 is 1.98. The first kappa shape index (κ1) is 20.9. The maximum atomic E-state index is 9.28. The van der Waals surface area contributed by atoms with E-state index in [1.54, 1.807) is 0 Å². The van der Waals surface area contributed by atoms with E-state index in [1.807, 2.05) is 53.9 Å². The van der Waals surface area contributed by atoms with Crippen LogP contribution in [0.2, 0.25) is 5.02 Å². The summed E-state index contributed by atoms with van der Waals surface area (Å²) in [6.45, 7) is 6.52. The van der Waals surface area contributed by atoms with Gasteiger partial charge < -0.3 is 10.0 Å². The quantitative estimate of drug-likeness (QED) is 0.498. The summed E-state index contributed by atoms with van der Waals surface area (Å²) in [4.78, 5) is 9.72. The predicted octanol–water partition coefficient (Wildman–Crippen LogP) is 4.14. The van der Waals surface area contributed by atoms with Crippen LogP contribution in [0.1, 0.15) is 5.69 Å². The molecule has 0 spiro atoms. The van der Waals surface area contributed by atoms with Gasteiger partial charge in [-0.05, 0) is 24.6 Å². The molecule has 2 aromatic carbocycles. The van der Waals surface area contributed by atoms with Gasteiger partial charge in [0.1, 0.15) is 5.82 Å². The second-order valence-corrected chi connectivity index (χ2v) is 8.56. The Labute approximate surface area is 192 Å². The second-order valence-electron chi connectivity index (χ2n) is 8.12. The fourth-order valence-corrected chi connectivity index (χ4v) is 4.51. The molecular formula is C25H26ClN5O. The van der Waals surface area contributed by atoms with Crippen molar-refractivity contribution in [3.05, 3.63) is 71.4 Å². The molecule has 1 aliphatic rings. The number of hydrogen-bond donors (Lipinski definition) is 1. The van der Waals surface area contributed by atoms with Crippen LogP contribution in [0.15, 0.2) is 60.7 Å². The molecule has 0 bridgehead atoms. The van der Waals surface area contributed by atoms with Crippen molar-refractivity contribution in [2.45, 2.75) is 6.92 Å². The van der Waals surface area contributed by atoms with Gasteiger partial charge in [0.25, 0.3) is 0 Å². The van der Waals surface area contributed by atoms with Crippen molar-refractivity contribution in [2.75, 3.05) is 44.2 Å². The first-order chi connectivity index (χ1) is 15.6. The minimum atomic E-state index is 0.195. The highest BCUT2D eigenvalue weighted by atomic mass is 35.5. The summed E-state index contributed by atoms with van der Waals surface area (Å²) in [6.07, 6.45) is 0. The van der Waals surface area contributed by atoms with Crippen LogP contribution in [0.5, 0.6) is 0 Å². The number of aliphatic hydroxyl groups is 1. The fraction of sp³-hybridized carbons (Fsp3) is 0.280. The van der Waals surface area contributed by atoms with Gasteiger partial charge in [-0.15, -0.1) is 0 Å². The minimum Gasteiger partial charge on any atom is -0.395 e. The first-order valence-electron chi connectivity index (χ1n) is 10.9. The lowest BCUT2D eigenvalue weighted by Crippen LogP contribution is -2.47. The molecule has 0 saturated carbocycles. The zero-order chi connectivity index (χ0) is 22.1. The molecule has 1 aliphatic heterocycles. The van der Waals surface area contributed by atoms with Crippen LogP contribution < -0.4 is 4.90 Å². The molecule has 1 fully saturated rings. The molecule has 7 heteroatoms. The van der Waals surface area contributed by atoms with Gasteiger partial charge in [-0.1, -0.05) is 54.1 Å². The van der Waals surface area contributed by atoms with Gasteiger partial charge in [0.15, 0.2) is 5.65 Å². The topological polar surface area (TPSA) is 56.9 Å². The van der Waals surface area contributed by atoms with Crippen LogP contribution >= 0.6 is 11.6 Å². The first-order valence-corrected chi connectivity index (χ1v) is 11.3.